The van der Waals surface area contributed by atoms with Crippen LogP contribution < -0.4 is 0 Å². The van der Waals surface area contributed by atoms with E-state index in [9.17, 15) is 10.2 Å². The Kier molecular flexibility index (Phi) is 5.44. The molecule has 0 radical (unpaired) electrons. The van der Waals surface area contributed by atoms with Crippen molar-refractivity contribution in [1.82, 2.24) is 4.90 Å². The molecular weight excluding hydrogens is 238 g/mol. The zero-order valence-corrected chi connectivity index (χ0v) is 13.6. The molecular formula is C16H33NO2. The van der Waals surface area contributed by atoms with E-state index in [0.29, 0.717) is 23.8 Å². The molecule has 0 aromatic rings. The van der Waals surface area contributed by atoms with Gasteiger partial charge in [0.05, 0.1) is 11.7 Å². The van der Waals surface area contributed by atoms with Gasteiger partial charge in [-0.2, -0.15) is 0 Å². The number of nitrogens with zero attached hydrogens (tertiary/aromatic N) is 1. The van der Waals surface area contributed by atoms with E-state index in [1.165, 1.54) is 0 Å². The lowest BCUT2D eigenvalue weighted by molar-refractivity contribution is -0.00985. The number of hydrogen-bond acceptors (Lipinski definition) is 3. The Morgan fingerprint density at radius 2 is 1.68 bits per heavy atom. The summed E-state index contributed by atoms with van der Waals surface area (Å²) in [6.45, 7) is 12.1. The third kappa shape index (κ3) is 5.80. The van der Waals surface area contributed by atoms with Crippen molar-refractivity contribution >= 4 is 0 Å². The molecule has 0 saturated heterocycles. The highest BCUT2D eigenvalue weighted by Gasteiger charge is 2.35. The van der Waals surface area contributed by atoms with Crippen LogP contribution in [0.3, 0.4) is 0 Å². The van der Waals surface area contributed by atoms with Crippen LogP contribution in [0.15, 0.2) is 0 Å². The molecule has 1 aliphatic rings. The molecule has 1 rings (SSSR count). The maximum atomic E-state index is 10.2. The molecule has 1 aliphatic carbocycles. The van der Waals surface area contributed by atoms with Gasteiger partial charge in [-0.1, -0.05) is 20.8 Å². The molecule has 1 saturated carbocycles. The van der Waals surface area contributed by atoms with Crippen molar-refractivity contribution in [3.8, 4) is 0 Å². The number of hydrogen-bond donors (Lipinski definition) is 2. The lowest BCUT2D eigenvalue weighted by Gasteiger charge is -2.41. The Hall–Kier alpha value is -0.120. The summed E-state index contributed by atoms with van der Waals surface area (Å²) in [5, 5.41) is 20.1. The molecule has 19 heavy (non-hydrogen) atoms. The van der Waals surface area contributed by atoms with E-state index in [0.717, 1.165) is 25.8 Å². The molecule has 3 nitrogen and oxygen atoms in total. The molecule has 1 fully saturated rings. The van der Waals surface area contributed by atoms with Gasteiger partial charge in [0, 0.05) is 13.1 Å². The van der Waals surface area contributed by atoms with Gasteiger partial charge in [0.2, 0.25) is 0 Å². The van der Waals surface area contributed by atoms with E-state index in [2.05, 4.69) is 25.7 Å². The van der Waals surface area contributed by atoms with Crippen LogP contribution in [0, 0.1) is 17.3 Å². The second kappa shape index (κ2) is 6.11. The van der Waals surface area contributed by atoms with E-state index in [1.54, 1.807) is 0 Å². The second-order valence-corrected chi connectivity index (χ2v) is 8.21. The first-order valence-electron chi connectivity index (χ1n) is 7.58. The van der Waals surface area contributed by atoms with E-state index < -0.39 is 5.60 Å². The van der Waals surface area contributed by atoms with Gasteiger partial charge in [0.25, 0.3) is 0 Å². The van der Waals surface area contributed by atoms with Crippen molar-refractivity contribution in [3.63, 3.8) is 0 Å². The molecule has 0 heterocycles. The highest BCUT2D eigenvalue weighted by molar-refractivity contribution is 4.87. The van der Waals surface area contributed by atoms with E-state index in [-0.39, 0.29) is 6.10 Å². The fourth-order valence-electron chi connectivity index (χ4n) is 3.36. The smallest absolute Gasteiger partial charge is 0.0718 e. The van der Waals surface area contributed by atoms with Crippen LogP contribution in [0.4, 0.5) is 0 Å². The first-order valence-corrected chi connectivity index (χ1v) is 7.58. The van der Waals surface area contributed by atoms with Crippen molar-refractivity contribution in [3.05, 3.63) is 0 Å². The van der Waals surface area contributed by atoms with Crippen LogP contribution in [0.5, 0.6) is 0 Å². The number of likely N-dealkylation sites (N-methyl/N-ethyl adjacent to an activating group) is 1. The lowest BCUT2D eigenvalue weighted by atomic mass is 9.68. The Morgan fingerprint density at radius 1 is 1.11 bits per heavy atom. The molecule has 3 atom stereocenters. The highest BCUT2D eigenvalue weighted by atomic mass is 16.3. The Balaban J connectivity index is 2.55. The Bertz CT molecular complexity index is 277. The lowest BCUT2D eigenvalue weighted by Crippen LogP contribution is -2.44. The third-order valence-electron chi connectivity index (χ3n) is 4.37. The van der Waals surface area contributed by atoms with Crippen molar-refractivity contribution < 1.29 is 10.2 Å². The topological polar surface area (TPSA) is 43.7 Å². The minimum Gasteiger partial charge on any atom is -0.393 e. The fraction of sp³-hybridized carbons (Fsp3) is 1.00. The molecule has 0 bridgehead atoms. The van der Waals surface area contributed by atoms with Crippen LogP contribution in [-0.4, -0.2) is 47.0 Å². The van der Waals surface area contributed by atoms with E-state index in [1.807, 2.05) is 20.9 Å². The van der Waals surface area contributed by atoms with Crippen LogP contribution in [0.25, 0.3) is 0 Å². The molecule has 3 unspecified atom stereocenters. The zero-order chi connectivity index (χ0) is 14.8. The number of aliphatic hydroxyl groups excluding tert-OH is 1. The molecule has 2 N–H and O–H groups in total. The van der Waals surface area contributed by atoms with Gasteiger partial charge in [0.15, 0.2) is 0 Å². The Morgan fingerprint density at radius 3 is 2.16 bits per heavy atom. The van der Waals surface area contributed by atoms with Gasteiger partial charge < -0.3 is 15.1 Å². The molecule has 0 aromatic carbocycles. The average molecular weight is 271 g/mol. The molecule has 0 aliphatic heterocycles. The van der Waals surface area contributed by atoms with E-state index >= 15 is 0 Å². The monoisotopic (exact) mass is 271 g/mol. The maximum absolute atomic E-state index is 10.2. The van der Waals surface area contributed by atoms with Crippen LogP contribution in [-0.2, 0) is 0 Å². The van der Waals surface area contributed by atoms with E-state index in [4.69, 9.17) is 0 Å². The summed E-state index contributed by atoms with van der Waals surface area (Å²) in [4.78, 5) is 2.15. The van der Waals surface area contributed by atoms with Gasteiger partial charge in [-0.25, -0.2) is 0 Å². The SMILES string of the molecule is CN(CC1CC(C(C)(C)C)CCC1O)CC(C)(C)O. The van der Waals surface area contributed by atoms with Crippen LogP contribution in [0.1, 0.15) is 53.9 Å². The molecule has 0 aromatic heterocycles. The summed E-state index contributed by atoms with van der Waals surface area (Å²) in [6.07, 6.45) is 2.98. The van der Waals surface area contributed by atoms with Crippen molar-refractivity contribution in [2.24, 2.45) is 17.3 Å². The molecule has 0 spiro atoms. The summed E-state index contributed by atoms with van der Waals surface area (Å²) in [6, 6.07) is 0. The predicted molar refractivity (Wildman–Crippen MR) is 80.1 cm³/mol. The largest absolute Gasteiger partial charge is 0.393 e. The first kappa shape index (κ1) is 16.9. The van der Waals surface area contributed by atoms with Crippen LogP contribution in [0.2, 0.25) is 0 Å². The average Bonchev–Trinajstić information content (AvgIpc) is 2.16. The van der Waals surface area contributed by atoms with Crippen molar-refractivity contribution in [2.45, 2.75) is 65.6 Å². The minimum absolute atomic E-state index is 0.178. The molecule has 114 valence electrons. The summed E-state index contributed by atoms with van der Waals surface area (Å²) in [5.41, 5.74) is -0.342. The summed E-state index contributed by atoms with van der Waals surface area (Å²) in [7, 11) is 2.03. The van der Waals surface area contributed by atoms with Crippen molar-refractivity contribution in [2.75, 3.05) is 20.1 Å². The second-order valence-electron chi connectivity index (χ2n) is 8.21. The first-order chi connectivity index (χ1) is 8.49. The third-order valence-corrected chi connectivity index (χ3v) is 4.37. The standard InChI is InChI=1S/C16H33NO2/c1-15(2,3)13-7-8-14(18)12(9-13)10-17(6)11-16(4,5)19/h12-14,18-19H,7-11H2,1-6H3. The highest BCUT2D eigenvalue weighted by Crippen LogP contribution is 2.40. The van der Waals surface area contributed by atoms with Crippen LogP contribution >= 0.6 is 0 Å². The predicted octanol–water partition coefficient (Wildman–Crippen LogP) is 2.51. The van der Waals surface area contributed by atoms with Gasteiger partial charge in [-0.15, -0.1) is 0 Å². The van der Waals surface area contributed by atoms with Gasteiger partial charge in [-0.05, 0) is 57.4 Å². The van der Waals surface area contributed by atoms with Crippen molar-refractivity contribution in [1.29, 1.82) is 0 Å². The molecule has 3 heteroatoms. The Labute approximate surface area is 119 Å². The minimum atomic E-state index is -0.669. The van der Waals surface area contributed by atoms with Gasteiger partial charge in [-0.3, -0.25) is 0 Å². The van der Waals surface area contributed by atoms with Gasteiger partial charge in [0.1, 0.15) is 0 Å². The number of aliphatic hydroxyl groups is 2. The van der Waals surface area contributed by atoms with Gasteiger partial charge >= 0.3 is 0 Å². The molecule has 0 amide bonds. The maximum Gasteiger partial charge on any atom is 0.0718 e. The normalized spacial score (nSPS) is 29.8. The fourth-order valence-corrected chi connectivity index (χ4v) is 3.36. The summed E-state index contributed by atoms with van der Waals surface area (Å²) in [5.74, 6) is 1.03. The number of rotatable bonds is 4. The zero-order valence-electron chi connectivity index (χ0n) is 13.6. The summed E-state index contributed by atoms with van der Waals surface area (Å²) < 4.78 is 0. The quantitative estimate of drug-likeness (QED) is 0.826. The summed E-state index contributed by atoms with van der Waals surface area (Å²) >= 11 is 0.